The summed E-state index contributed by atoms with van der Waals surface area (Å²) in [5.41, 5.74) is 2.70. The average molecular weight is 371 g/mol. The first-order chi connectivity index (χ1) is 12.5. The van der Waals surface area contributed by atoms with Crippen LogP contribution >= 0.6 is 11.8 Å². The molecule has 7 heteroatoms. The van der Waals surface area contributed by atoms with Crippen LogP contribution in [0.25, 0.3) is 16.6 Å². The number of pyridine rings is 1. The van der Waals surface area contributed by atoms with Crippen LogP contribution in [0.5, 0.6) is 0 Å². The molecule has 1 unspecified atom stereocenters. The van der Waals surface area contributed by atoms with Crippen molar-refractivity contribution in [3.8, 4) is 0 Å². The van der Waals surface area contributed by atoms with Gasteiger partial charge in [-0.25, -0.2) is 8.78 Å². The Kier molecular flexibility index (Phi) is 4.34. The second-order valence-electron chi connectivity index (χ2n) is 6.01. The third kappa shape index (κ3) is 2.93. The summed E-state index contributed by atoms with van der Waals surface area (Å²) in [5.74, 6) is -1.09. The lowest BCUT2D eigenvalue weighted by Crippen LogP contribution is -2.05. The lowest BCUT2D eigenvalue weighted by atomic mass is 10.1. The van der Waals surface area contributed by atoms with Gasteiger partial charge in [0.25, 0.3) is 0 Å². The number of para-hydroxylation sites is 1. The number of thioether (sulfide) groups is 1. The van der Waals surface area contributed by atoms with E-state index in [9.17, 15) is 13.9 Å². The number of aromatic nitrogens is 3. The molecular formula is C19H15F2N3OS. The van der Waals surface area contributed by atoms with Crippen LogP contribution < -0.4 is 0 Å². The fraction of sp³-hybridized carbons (Fsp3) is 0.158. The zero-order chi connectivity index (χ0) is 18.3. The van der Waals surface area contributed by atoms with E-state index in [1.54, 1.807) is 0 Å². The van der Waals surface area contributed by atoms with Gasteiger partial charge in [-0.2, -0.15) is 0 Å². The maximum Gasteiger partial charge on any atom is 0.196 e. The van der Waals surface area contributed by atoms with Gasteiger partial charge in [-0.05, 0) is 42.8 Å². The second-order valence-corrected chi connectivity index (χ2v) is 7.00. The normalized spacial score (nSPS) is 12.8. The number of benzene rings is 2. The summed E-state index contributed by atoms with van der Waals surface area (Å²) in [4.78, 5) is 0. The maximum atomic E-state index is 13.8. The average Bonchev–Trinajstić information content (AvgIpc) is 3.05. The van der Waals surface area contributed by atoms with Crippen LogP contribution in [-0.2, 0) is 0 Å². The van der Waals surface area contributed by atoms with Gasteiger partial charge < -0.3 is 5.11 Å². The molecule has 2 heterocycles. The van der Waals surface area contributed by atoms with Crippen molar-refractivity contribution in [1.82, 2.24) is 14.6 Å². The van der Waals surface area contributed by atoms with Crippen LogP contribution in [0, 0.1) is 18.6 Å². The minimum Gasteiger partial charge on any atom is -0.387 e. The summed E-state index contributed by atoms with van der Waals surface area (Å²) < 4.78 is 29.1. The third-order valence-corrected chi connectivity index (χ3v) is 5.27. The minimum absolute atomic E-state index is 0.0629. The van der Waals surface area contributed by atoms with Gasteiger partial charge in [0.05, 0.1) is 11.6 Å². The number of hydrogen-bond donors (Lipinski definition) is 1. The minimum atomic E-state index is -1.15. The van der Waals surface area contributed by atoms with E-state index in [0.717, 1.165) is 34.7 Å². The predicted octanol–water partition coefficient (Wildman–Crippen LogP) is 4.29. The van der Waals surface area contributed by atoms with Gasteiger partial charge in [-0.1, -0.05) is 30.0 Å². The molecule has 132 valence electrons. The van der Waals surface area contributed by atoms with Crippen molar-refractivity contribution < 1.29 is 13.9 Å². The number of aliphatic hydroxyl groups is 1. The van der Waals surface area contributed by atoms with E-state index in [4.69, 9.17) is 0 Å². The Morgan fingerprint density at radius 2 is 1.92 bits per heavy atom. The lowest BCUT2D eigenvalue weighted by Gasteiger charge is -2.12. The number of aryl methyl sites for hydroxylation is 1. The first-order valence-electron chi connectivity index (χ1n) is 8.04. The molecule has 26 heavy (non-hydrogen) atoms. The van der Waals surface area contributed by atoms with E-state index < -0.39 is 17.7 Å². The summed E-state index contributed by atoms with van der Waals surface area (Å²) in [6.07, 6.45) is -1.15. The lowest BCUT2D eigenvalue weighted by molar-refractivity contribution is 0.198. The monoisotopic (exact) mass is 371 g/mol. The van der Waals surface area contributed by atoms with Crippen molar-refractivity contribution in [1.29, 1.82) is 0 Å². The van der Waals surface area contributed by atoms with E-state index in [-0.39, 0.29) is 11.3 Å². The quantitative estimate of drug-likeness (QED) is 0.544. The van der Waals surface area contributed by atoms with E-state index in [1.807, 2.05) is 41.7 Å². The summed E-state index contributed by atoms with van der Waals surface area (Å²) in [6.45, 7) is 2.01. The Hall–Kier alpha value is -2.51. The van der Waals surface area contributed by atoms with Crippen molar-refractivity contribution >= 4 is 28.3 Å². The molecule has 2 aromatic heterocycles. The molecule has 1 N–H and O–H groups in total. The van der Waals surface area contributed by atoms with Crippen molar-refractivity contribution in [3.05, 3.63) is 71.3 Å². The van der Waals surface area contributed by atoms with E-state index in [0.29, 0.717) is 10.8 Å². The Morgan fingerprint density at radius 3 is 2.77 bits per heavy atom. The molecular weight excluding hydrogens is 356 g/mol. The Bertz CT molecular complexity index is 1110. The molecule has 0 saturated carbocycles. The molecule has 0 aliphatic rings. The molecule has 0 fully saturated rings. The third-order valence-electron chi connectivity index (χ3n) is 4.26. The van der Waals surface area contributed by atoms with E-state index in [1.165, 1.54) is 11.8 Å². The van der Waals surface area contributed by atoms with Crippen molar-refractivity contribution in [2.45, 2.75) is 18.2 Å². The number of halogens is 2. The SMILES string of the molecule is Cc1cc2nnc(SCC(O)c3cc(F)ccc3F)n2c2ccccc12. The van der Waals surface area contributed by atoms with Gasteiger partial charge in [0.15, 0.2) is 10.8 Å². The summed E-state index contributed by atoms with van der Waals surface area (Å²) in [7, 11) is 0. The van der Waals surface area contributed by atoms with E-state index in [2.05, 4.69) is 10.2 Å². The molecule has 0 radical (unpaired) electrons. The number of rotatable bonds is 4. The highest BCUT2D eigenvalue weighted by Gasteiger charge is 2.17. The van der Waals surface area contributed by atoms with Crippen LogP contribution in [0.3, 0.4) is 0 Å². The van der Waals surface area contributed by atoms with Crippen LogP contribution in [0.4, 0.5) is 8.78 Å². The fourth-order valence-electron chi connectivity index (χ4n) is 2.98. The van der Waals surface area contributed by atoms with Gasteiger partial charge in [0, 0.05) is 16.7 Å². The summed E-state index contributed by atoms with van der Waals surface area (Å²) in [5, 5.41) is 20.3. The maximum absolute atomic E-state index is 13.8. The second kappa shape index (κ2) is 6.66. The molecule has 0 bridgehead atoms. The van der Waals surface area contributed by atoms with Gasteiger partial charge in [0.2, 0.25) is 0 Å². The Morgan fingerprint density at radius 1 is 1.12 bits per heavy atom. The number of fused-ring (bicyclic) bond motifs is 3. The van der Waals surface area contributed by atoms with Crippen LogP contribution in [-0.4, -0.2) is 25.5 Å². The molecule has 2 aromatic carbocycles. The topological polar surface area (TPSA) is 50.4 Å². The zero-order valence-corrected chi connectivity index (χ0v) is 14.7. The zero-order valence-electron chi connectivity index (χ0n) is 13.9. The standard InChI is InChI=1S/C19H15F2N3OS/c1-11-8-18-22-23-19(24(18)16-5-3-2-4-13(11)16)26-10-17(25)14-9-12(20)6-7-15(14)21/h2-9,17,25H,10H2,1H3. The Labute approximate surface area is 152 Å². The molecule has 4 nitrogen and oxygen atoms in total. The highest BCUT2D eigenvalue weighted by atomic mass is 32.2. The molecule has 0 aliphatic heterocycles. The molecule has 4 rings (SSSR count). The predicted molar refractivity (Wildman–Crippen MR) is 97.3 cm³/mol. The molecule has 0 aliphatic carbocycles. The largest absolute Gasteiger partial charge is 0.387 e. The van der Waals surface area contributed by atoms with E-state index >= 15 is 0 Å². The number of hydrogen-bond acceptors (Lipinski definition) is 4. The molecule has 0 saturated heterocycles. The Balaban J connectivity index is 1.68. The van der Waals surface area contributed by atoms with Crippen LogP contribution in [0.1, 0.15) is 17.2 Å². The molecule has 0 amide bonds. The highest BCUT2D eigenvalue weighted by molar-refractivity contribution is 7.99. The van der Waals surface area contributed by atoms with Crippen LogP contribution in [0.15, 0.2) is 53.7 Å². The number of nitrogens with zero attached hydrogens (tertiary/aromatic N) is 3. The highest BCUT2D eigenvalue weighted by Crippen LogP contribution is 2.29. The first kappa shape index (κ1) is 16.9. The number of aliphatic hydroxyl groups excluding tert-OH is 1. The first-order valence-corrected chi connectivity index (χ1v) is 9.02. The fourth-order valence-corrected chi connectivity index (χ4v) is 3.89. The molecule has 0 spiro atoms. The van der Waals surface area contributed by atoms with Gasteiger partial charge in [-0.3, -0.25) is 4.40 Å². The van der Waals surface area contributed by atoms with Crippen LogP contribution in [0.2, 0.25) is 0 Å². The van der Waals surface area contributed by atoms with Gasteiger partial charge in [-0.15, -0.1) is 10.2 Å². The van der Waals surface area contributed by atoms with Gasteiger partial charge >= 0.3 is 0 Å². The van der Waals surface area contributed by atoms with Crippen molar-refractivity contribution in [3.63, 3.8) is 0 Å². The van der Waals surface area contributed by atoms with Gasteiger partial charge in [0.1, 0.15) is 11.6 Å². The summed E-state index contributed by atoms with van der Waals surface area (Å²) in [6, 6.07) is 12.9. The molecule has 1 atom stereocenters. The van der Waals surface area contributed by atoms with Crippen molar-refractivity contribution in [2.75, 3.05) is 5.75 Å². The summed E-state index contributed by atoms with van der Waals surface area (Å²) >= 11 is 1.25. The smallest absolute Gasteiger partial charge is 0.196 e. The van der Waals surface area contributed by atoms with Crippen molar-refractivity contribution in [2.24, 2.45) is 0 Å². The molecule has 4 aromatic rings.